The van der Waals surface area contributed by atoms with Crippen molar-refractivity contribution in [2.24, 2.45) is 0 Å². The standard InChI is InChI=1S/C21H19NO3S/c1-24-17-10-12-18(13-11-17)26-15-20(23)25-21(16-7-3-2-4-8-16)19-9-5-6-14-22-19/h2-14,21H,15H2,1H3. The molecule has 3 aromatic rings. The quantitative estimate of drug-likeness (QED) is 0.455. The number of hydrogen-bond acceptors (Lipinski definition) is 5. The maximum atomic E-state index is 12.4. The van der Waals surface area contributed by atoms with Crippen LogP contribution in [-0.2, 0) is 9.53 Å². The van der Waals surface area contributed by atoms with Gasteiger partial charge >= 0.3 is 5.97 Å². The molecule has 2 aromatic carbocycles. The topological polar surface area (TPSA) is 48.4 Å². The van der Waals surface area contributed by atoms with Gasteiger partial charge in [0, 0.05) is 11.1 Å². The molecule has 0 aliphatic rings. The van der Waals surface area contributed by atoms with Gasteiger partial charge in [-0.2, -0.15) is 0 Å². The summed E-state index contributed by atoms with van der Waals surface area (Å²) in [5, 5.41) is 0. The van der Waals surface area contributed by atoms with E-state index in [0.29, 0.717) is 5.69 Å². The van der Waals surface area contributed by atoms with Gasteiger partial charge in [0.05, 0.1) is 18.6 Å². The lowest BCUT2D eigenvalue weighted by Crippen LogP contribution is -2.15. The Kier molecular flexibility index (Phi) is 6.28. The molecule has 4 nitrogen and oxygen atoms in total. The van der Waals surface area contributed by atoms with Gasteiger partial charge < -0.3 is 9.47 Å². The average molecular weight is 365 g/mol. The first-order valence-corrected chi connectivity index (χ1v) is 9.17. The second-order valence-corrected chi connectivity index (χ2v) is 6.55. The van der Waals surface area contributed by atoms with Crippen LogP contribution in [0.3, 0.4) is 0 Å². The van der Waals surface area contributed by atoms with E-state index in [1.54, 1.807) is 13.3 Å². The molecular weight excluding hydrogens is 346 g/mol. The Bertz CT molecular complexity index is 783. The Balaban J connectivity index is 1.67. The number of carbonyl (C=O) groups excluding carboxylic acids is 1. The van der Waals surface area contributed by atoms with Crippen LogP contribution in [0.1, 0.15) is 17.4 Å². The van der Waals surface area contributed by atoms with Crippen molar-refractivity contribution >= 4 is 17.7 Å². The summed E-state index contributed by atoms with van der Waals surface area (Å²) in [5.74, 6) is 0.726. The molecule has 0 aliphatic carbocycles. The Morgan fingerprint density at radius 2 is 1.73 bits per heavy atom. The zero-order valence-corrected chi connectivity index (χ0v) is 15.2. The van der Waals surface area contributed by atoms with Gasteiger partial charge in [-0.25, -0.2) is 0 Å². The third-order valence-electron chi connectivity index (χ3n) is 3.72. The maximum Gasteiger partial charge on any atom is 0.317 e. The molecule has 132 valence electrons. The third kappa shape index (κ3) is 4.86. The van der Waals surface area contributed by atoms with E-state index in [0.717, 1.165) is 16.2 Å². The van der Waals surface area contributed by atoms with Crippen LogP contribution in [0.2, 0.25) is 0 Å². The van der Waals surface area contributed by atoms with Crippen LogP contribution in [0.25, 0.3) is 0 Å². The van der Waals surface area contributed by atoms with Gasteiger partial charge in [-0.15, -0.1) is 11.8 Å². The molecule has 0 fully saturated rings. The van der Waals surface area contributed by atoms with Gasteiger partial charge in [0.1, 0.15) is 5.75 Å². The lowest BCUT2D eigenvalue weighted by atomic mass is 10.1. The van der Waals surface area contributed by atoms with Crippen LogP contribution in [0.15, 0.2) is 83.9 Å². The predicted octanol–water partition coefficient (Wildman–Crippen LogP) is 4.52. The molecule has 1 unspecified atom stereocenters. The van der Waals surface area contributed by atoms with Crippen LogP contribution >= 0.6 is 11.8 Å². The van der Waals surface area contributed by atoms with Crippen molar-refractivity contribution in [3.8, 4) is 5.75 Å². The SMILES string of the molecule is COc1ccc(SCC(=O)OC(c2ccccc2)c2ccccn2)cc1. The summed E-state index contributed by atoms with van der Waals surface area (Å²) < 4.78 is 10.9. The zero-order chi connectivity index (χ0) is 18.2. The first-order chi connectivity index (χ1) is 12.8. The summed E-state index contributed by atoms with van der Waals surface area (Å²) in [5.41, 5.74) is 1.61. The van der Waals surface area contributed by atoms with Crippen molar-refractivity contribution < 1.29 is 14.3 Å². The van der Waals surface area contributed by atoms with Crippen LogP contribution in [-0.4, -0.2) is 23.8 Å². The number of methoxy groups -OCH3 is 1. The molecule has 5 heteroatoms. The minimum Gasteiger partial charge on any atom is -0.497 e. The van der Waals surface area contributed by atoms with E-state index in [1.165, 1.54) is 11.8 Å². The summed E-state index contributed by atoms with van der Waals surface area (Å²) in [6, 6.07) is 22.8. The lowest BCUT2D eigenvalue weighted by Gasteiger charge is -2.18. The van der Waals surface area contributed by atoms with E-state index in [9.17, 15) is 4.79 Å². The minimum atomic E-state index is -0.513. The molecular formula is C21H19NO3S. The van der Waals surface area contributed by atoms with Crippen molar-refractivity contribution in [3.05, 3.63) is 90.3 Å². The van der Waals surface area contributed by atoms with Crippen LogP contribution in [0.4, 0.5) is 0 Å². The normalized spacial score (nSPS) is 11.6. The van der Waals surface area contributed by atoms with E-state index >= 15 is 0 Å². The number of nitrogens with zero attached hydrogens (tertiary/aromatic N) is 1. The van der Waals surface area contributed by atoms with Crippen molar-refractivity contribution in [1.29, 1.82) is 0 Å². The summed E-state index contributed by atoms with van der Waals surface area (Å²) >= 11 is 1.43. The largest absolute Gasteiger partial charge is 0.497 e. The molecule has 26 heavy (non-hydrogen) atoms. The van der Waals surface area contributed by atoms with Crippen LogP contribution < -0.4 is 4.74 Å². The smallest absolute Gasteiger partial charge is 0.317 e. The first-order valence-electron chi connectivity index (χ1n) is 8.18. The Hall–Kier alpha value is -2.79. The number of ether oxygens (including phenoxy) is 2. The van der Waals surface area contributed by atoms with Gasteiger partial charge in [0.15, 0.2) is 6.10 Å². The molecule has 0 saturated heterocycles. The third-order valence-corrected chi connectivity index (χ3v) is 4.71. The molecule has 0 amide bonds. The molecule has 0 aliphatic heterocycles. The number of aromatic nitrogens is 1. The molecule has 0 bridgehead atoms. The highest BCUT2D eigenvalue weighted by atomic mass is 32.2. The fourth-order valence-electron chi connectivity index (χ4n) is 2.44. The Morgan fingerprint density at radius 3 is 2.38 bits per heavy atom. The molecule has 0 saturated carbocycles. The van der Waals surface area contributed by atoms with Crippen LogP contribution in [0.5, 0.6) is 5.75 Å². The summed E-state index contributed by atoms with van der Waals surface area (Å²) in [7, 11) is 1.63. The second kappa shape index (κ2) is 9.06. The second-order valence-electron chi connectivity index (χ2n) is 5.50. The van der Waals surface area contributed by atoms with Gasteiger partial charge in [0.2, 0.25) is 0 Å². The summed E-state index contributed by atoms with van der Waals surface area (Å²) in [6.07, 6.45) is 1.19. The molecule has 3 rings (SSSR count). The van der Waals surface area contributed by atoms with Crippen molar-refractivity contribution in [3.63, 3.8) is 0 Å². The Labute approximate surface area is 157 Å². The summed E-state index contributed by atoms with van der Waals surface area (Å²) in [4.78, 5) is 17.7. The summed E-state index contributed by atoms with van der Waals surface area (Å²) in [6.45, 7) is 0. The zero-order valence-electron chi connectivity index (χ0n) is 14.4. The predicted molar refractivity (Wildman–Crippen MR) is 102 cm³/mol. The fraction of sp³-hybridized carbons (Fsp3) is 0.143. The van der Waals surface area contributed by atoms with Crippen molar-refractivity contribution in [2.45, 2.75) is 11.0 Å². The van der Waals surface area contributed by atoms with E-state index in [4.69, 9.17) is 9.47 Å². The number of hydrogen-bond donors (Lipinski definition) is 0. The number of pyridine rings is 1. The number of benzene rings is 2. The van der Waals surface area contributed by atoms with Gasteiger partial charge in [0.25, 0.3) is 0 Å². The van der Waals surface area contributed by atoms with E-state index in [-0.39, 0.29) is 11.7 Å². The maximum absolute atomic E-state index is 12.4. The number of esters is 1. The monoisotopic (exact) mass is 365 g/mol. The van der Waals surface area contributed by atoms with E-state index in [2.05, 4.69) is 4.98 Å². The number of rotatable bonds is 7. The number of thioether (sulfide) groups is 1. The molecule has 0 radical (unpaired) electrons. The van der Waals surface area contributed by atoms with Gasteiger partial charge in [-0.05, 0) is 42.0 Å². The van der Waals surface area contributed by atoms with Gasteiger partial charge in [-0.3, -0.25) is 9.78 Å². The molecule has 1 aromatic heterocycles. The highest BCUT2D eigenvalue weighted by Crippen LogP contribution is 2.26. The first kappa shape index (κ1) is 18.0. The Morgan fingerprint density at radius 1 is 1.00 bits per heavy atom. The highest BCUT2D eigenvalue weighted by Gasteiger charge is 2.20. The van der Waals surface area contributed by atoms with Crippen LogP contribution in [0, 0.1) is 0 Å². The average Bonchev–Trinajstić information content (AvgIpc) is 2.72. The molecule has 0 spiro atoms. The molecule has 1 atom stereocenters. The molecule has 0 N–H and O–H groups in total. The van der Waals surface area contributed by atoms with Gasteiger partial charge in [-0.1, -0.05) is 36.4 Å². The highest BCUT2D eigenvalue weighted by molar-refractivity contribution is 8.00. The number of carbonyl (C=O) groups is 1. The lowest BCUT2D eigenvalue weighted by molar-refractivity contribution is -0.144. The van der Waals surface area contributed by atoms with E-state index in [1.807, 2.05) is 72.8 Å². The molecule has 1 heterocycles. The van der Waals surface area contributed by atoms with Crippen molar-refractivity contribution in [1.82, 2.24) is 4.98 Å². The van der Waals surface area contributed by atoms with Crippen molar-refractivity contribution in [2.75, 3.05) is 12.9 Å². The minimum absolute atomic E-state index is 0.225. The van der Waals surface area contributed by atoms with E-state index < -0.39 is 6.10 Å². The fourth-order valence-corrected chi connectivity index (χ4v) is 3.12.